The summed E-state index contributed by atoms with van der Waals surface area (Å²) < 4.78 is 4.87. The second kappa shape index (κ2) is 6.21. The molecule has 0 aromatic carbocycles. The van der Waals surface area contributed by atoms with Crippen LogP contribution >= 0.6 is 0 Å². The summed E-state index contributed by atoms with van der Waals surface area (Å²) in [5.41, 5.74) is -0.386. The summed E-state index contributed by atoms with van der Waals surface area (Å²) in [5.74, 6) is 0.550. The Kier molecular flexibility index (Phi) is 5.22. The number of nitrogens with one attached hydrogen (secondary N) is 1. The van der Waals surface area contributed by atoms with Crippen molar-refractivity contribution in [3.05, 3.63) is 0 Å². The molecule has 0 aliphatic heterocycles. The Morgan fingerprint density at radius 2 is 2.38 bits per heavy atom. The molecule has 1 amide bonds. The summed E-state index contributed by atoms with van der Waals surface area (Å²) in [7, 11) is 1.58. The lowest BCUT2D eigenvalue weighted by atomic mass is 9.77. The first-order chi connectivity index (χ1) is 7.62. The molecule has 0 saturated heterocycles. The third-order valence-corrected chi connectivity index (χ3v) is 3.33. The van der Waals surface area contributed by atoms with Gasteiger partial charge in [-0.15, -0.1) is 0 Å². The van der Waals surface area contributed by atoms with Crippen LogP contribution < -0.4 is 5.32 Å². The van der Waals surface area contributed by atoms with E-state index in [1.165, 1.54) is 6.42 Å². The first-order valence-corrected chi connectivity index (χ1v) is 6.03. The van der Waals surface area contributed by atoms with E-state index in [1.807, 2.05) is 0 Å². The van der Waals surface area contributed by atoms with Gasteiger partial charge in [0.2, 0.25) is 5.91 Å². The summed E-state index contributed by atoms with van der Waals surface area (Å²) in [6.07, 6.45) is 4.39. The molecule has 0 heterocycles. The lowest BCUT2D eigenvalue weighted by Crippen LogP contribution is -2.54. The number of aliphatic hydroxyl groups is 1. The highest BCUT2D eigenvalue weighted by Crippen LogP contribution is 2.31. The maximum atomic E-state index is 11.6. The maximum absolute atomic E-state index is 11.6. The fraction of sp³-hybridized carbons (Fsp3) is 0.917. The zero-order valence-electron chi connectivity index (χ0n) is 10.3. The van der Waals surface area contributed by atoms with Crippen LogP contribution in [0.4, 0.5) is 0 Å². The Bertz CT molecular complexity index is 232. The molecule has 2 unspecified atom stereocenters. The topological polar surface area (TPSA) is 58.6 Å². The van der Waals surface area contributed by atoms with Crippen molar-refractivity contribution in [1.29, 1.82) is 0 Å². The van der Waals surface area contributed by atoms with Gasteiger partial charge in [-0.1, -0.05) is 19.8 Å². The minimum absolute atomic E-state index is 0.0231. The quantitative estimate of drug-likeness (QED) is 0.741. The lowest BCUT2D eigenvalue weighted by Gasteiger charge is -2.39. The normalized spacial score (nSPS) is 30.1. The SMILES string of the molecule is COCCC(=O)NC1(CO)CCCC(C)C1. The van der Waals surface area contributed by atoms with Crippen LogP contribution in [-0.4, -0.2) is 36.9 Å². The Balaban J connectivity index is 2.49. The molecule has 1 fully saturated rings. The Hall–Kier alpha value is -0.610. The molecule has 4 nitrogen and oxygen atoms in total. The molecule has 94 valence electrons. The highest BCUT2D eigenvalue weighted by Gasteiger charge is 2.35. The van der Waals surface area contributed by atoms with E-state index < -0.39 is 0 Å². The smallest absolute Gasteiger partial charge is 0.222 e. The van der Waals surface area contributed by atoms with E-state index in [-0.39, 0.29) is 18.1 Å². The molecule has 2 N–H and O–H groups in total. The number of aliphatic hydroxyl groups excluding tert-OH is 1. The van der Waals surface area contributed by atoms with Gasteiger partial charge in [0.05, 0.1) is 18.8 Å². The number of hydrogen-bond acceptors (Lipinski definition) is 3. The van der Waals surface area contributed by atoms with Crippen molar-refractivity contribution in [2.24, 2.45) is 5.92 Å². The van der Waals surface area contributed by atoms with Crippen LogP contribution in [0.25, 0.3) is 0 Å². The van der Waals surface area contributed by atoms with Gasteiger partial charge < -0.3 is 15.2 Å². The Morgan fingerprint density at radius 3 is 2.94 bits per heavy atom. The molecule has 1 aliphatic carbocycles. The predicted molar refractivity (Wildman–Crippen MR) is 62.1 cm³/mol. The van der Waals surface area contributed by atoms with E-state index in [1.54, 1.807) is 7.11 Å². The minimum atomic E-state index is -0.386. The van der Waals surface area contributed by atoms with Crippen LogP contribution in [0.15, 0.2) is 0 Å². The minimum Gasteiger partial charge on any atom is -0.394 e. The summed E-state index contributed by atoms with van der Waals surface area (Å²) in [6.45, 7) is 2.64. The Labute approximate surface area is 97.4 Å². The average molecular weight is 229 g/mol. The second-order valence-corrected chi connectivity index (χ2v) is 4.93. The lowest BCUT2D eigenvalue weighted by molar-refractivity contribution is -0.125. The maximum Gasteiger partial charge on any atom is 0.222 e. The number of carbonyl (C=O) groups excluding carboxylic acids is 1. The van der Waals surface area contributed by atoms with E-state index in [0.29, 0.717) is 18.9 Å². The van der Waals surface area contributed by atoms with Crippen LogP contribution in [0.3, 0.4) is 0 Å². The number of ether oxygens (including phenoxy) is 1. The van der Waals surface area contributed by atoms with Crippen LogP contribution in [0.1, 0.15) is 39.0 Å². The third-order valence-electron chi connectivity index (χ3n) is 3.33. The van der Waals surface area contributed by atoms with Crippen molar-refractivity contribution in [3.63, 3.8) is 0 Å². The molecule has 1 rings (SSSR count). The number of rotatable bonds is 5. The predicted octanol–water partition coefficient (Wildman–Crippen LogP) is 1.08. The molecule has 16 heavy (non-hydrogen) atoms. The first-order valence-electron chi connectivity index (χ1n) is 6.03. The van der Waals surface area contributed by atoms with Gasteiger partial charge in [0.25, 0.3) is 0 Å². The molecule has 0 spiro atoms. The van der Waals surface area contributed by atoms with Crippen molar-refractivity contribution in [2.75, 3.05) is 20.3 Å². The molecule has 0 bridgehead atoms. The summed E-state index contributed by atoms with van der Waals surface area (Å²) in [5, 5.41) is 12.5. The van der Waals surface area contributed by atoms with E-state index in [0.717, 1.165) is 19.3 Å². The highest BCUT2D eigenvalue weighted by molar-refractivity contribution is 5.76. The van der Waals surface area contributed by atoms with Gasteiger partial charge in [-0.25, -0.2) is 0 Å². The monoisotopic (exact) mass is 229 g/mol. The number of hydrogen-bond donors (Lipinski definition) is 2. The number of methoxy groups -OCH3 is 1. The zero-order chi connectivity index (χ0) is 12.0. The van der Waals surface area contributed by atoms with E-state index in [9.17, 15) is 9.90 Å². The molecule has 0 radical (unpaired) electrons. The molecule has 1 saturated carbocycles. The fourth-order valence-electron chi connectivity index (χ4n) is 2.51. The largest absolute Gasteiger partial charge is 0.394 e. The average Bonchev–Trinajstić information content (AvgIpc) is 2.26. The van der Waals surface area contributed by atoms with Gasteiger partial charge in [0, 0.05) is 13.5 Å². The van der Waals surface area contributed by atoms with Crippen molar-refractivity contribution in [1.82, 2.24) is 5.32 Å². The summed E-state index contributed by atoms with van der Waals surface area (Å²) >= 11 is 0. The van der Waals surface area contributed by atoms with Gasteiger partial charge >= 0.3 is 0 Å². The third kappa shape index (κ3) is 3.76. The zero-order valence-corrected chi connectivity index (χ0v) is 10.3. The summed E-state index contributed by atoms with van der Waals surface area (Å²) in [6, 6.07) is 0. The van der Waals surface area contributed by atoms with Crippen molar-refractivity contribution < 1.29 is 14.6 Å². The molecule has 0 aromatic rings. The van der Waals surface area contributed by atoms with Gasteiger partial charge in [0.15, 0.2) is 0 Å². The van der Waals surface area contributed by atoms with E-state index in [4.69, 9.17) is 4.74 Å². The van der Waals surface area contributed by atoms with Gasteiger partial charge in [-0.3, -0.25) is 4.79 Å². The standard InChI is InChI=1S/C12H23NO3/c1-10-4-3-6-12(8-10,9-14)13-11(15)5-7-16-2/h10,14H,3-9H2,1-2H3,(H,13,15). The number of carbonyl (C=O) groups is 1. The molecule has 4 heteroatoms. The van der Waals surface area contributed by atoms with Crippen LogP contribution in [0, 0.1) is 5.92 Å². The first kappa shape index (κ1) is 13.5. The molecular weight excluding hydrogens is 206 g/mol. The van der Waals surface area contributed by atoms with Crippen molar-refractivity contribution in [2.45, 2.75) is 44.6 Å². The molecule has 0 aromatic heterocycles. The van der Waals surface area contributed by atoms with Crippen LogP contribution in [0.5, 0.6) is 0 Å². The van der Waals surface area contributed by atoms with Crippen LogP contribution in [-0.2, 0) is 9.53 Å². The molecular formula is C12H23NO3. The number of amides is 1. The molecule has 2 atom stereocenters. The Morgan fingerprint density at radius 1 is 1.62 bits per heavy atom. The van der Waals surface area contributed by atoms with E-state index in [2.05, 4.69) is 12.2 Å². The van der Waals surface area contributed by atoms with Crippen molar-refractivity contribution in [3.8, 4) is 0 Å². The van der Waals surface area contributed by atoms with Crippen LogP contribution in [0.2, 0.25) is 0 Å². The summed E-state index contributed by atoms with van der Waals surface area (Å²) in [4.78, 5) is 11.6. The van der Waals surface area contributed by atoms with Gasteiger partial charge in [-0.2, -0.15) is 0 Å². The van der Waals surface area contributed by atoms with E-state index >= 15 is 0 Å². The molecule has 1 aliphatic rings. The van der Waals surface area contributed by atoms with Crippen molar-refractivity contribution >= 4 is 5.91 Å². The van der Waals surface area contributed by atoms with Gasteiger partial charge in [-0.05, 0) is 18.8 Å². The second-order valence-electron chi connectivity index (χ2n) is 4.93. The fourth-order valence-corrected chi connectivity index (χ4v) is 2.51. The van der Waals surface area contributed by atoms with Gasteiger partial charge in [0.1, 0.15) is 0 Å². The highest BCUT2D eigenvalue weighted by atomic mass is 16.5.